The van der Waals surface area contributed by atoms with Crippen molar-refractivity contribution in [3.8, 4) is 5.75 Å². The molecule has 0 saturated carbocycles. The highest BCUT2D eigenvalue weighted by Crippen LogP contribution is 2.26. The van der Waals surface area contributed by atoms with E-state index in [1.165, 1.54) is 18.2 Å². The first-order valence-corrected chi connectivity index (χ1v) is 3.25. The van der Waals surface area contributed by atoms with E-state index in [-0.39, 0.29) is 11.4 Å². The van der Waals surface area contributed by atoms with Gasteiger partial charge in [-0.1, -0.05) is 18.7 Å². The molecule has 0 bridgehead atoms. The second-order valence-corrected chi connectivity index (χ2v) is 2.21. The fourth-order valence-corrected chi connectivity index (χ4v) is 0.814. The van der Waals surface area contributed by atoms with E-state index < -0.39 is 4.92 Å². The van der Waals surface area contributed by atoms with Crippen molar-refractivity contribution in [2.75, 3.05) is 0 Å². The van der Waals surface area contributed by atoms with Gasteiger partial charge in [0.1, 0.15) is 0 Å². The van der Waals surface area contributed by atoms with Crippen LogP contribution in [0.25, 0.3) is 6.08 Å². The van der Waals surface area contributed by atoms with E-state index in [1.807, 2.05) is 0 Å². The molecular formula is C8H7NO3. The molecule has 0 aromatic heterocycles. The lowest BCUT2D eigenvalue weighted by Gasteiger charge is -1.96. The molecule has 0 aliphatic rings. The van der Waals surface area contributed by atoms with Gasteiger partial charge < -0.3 is 5.11 Å². The second-order valence-electron chi connectivity index (χ2n) is 2.21. The topological polar surface area (TPSA) is 63.4 Å². The maximum atomic E-state index is 10.3. The third-order valence-corrected chi connectivity index (χ3v) is 1.43. The number of benzene rings is 1. The minimum atomic E-state index is -0.637. The van der Waals surface area contributed by atoms with Gasteiger partial charge in [-0.2, -0.15) is 0 Å². The van der Waals surface area contributed by atoms with Crippen molar-refractivity contribution in [1.29, 1.82) is 0 Å². The molecule has 0 fully saturated rings. The number of nitrogens with zero attached hydrogens (tertiary/aromatic N) is 1. The van der Waals surface area contributed by atoms with Gasteiger partial charge in [0.15, 0.2) is 5.75 Å². The summed E-state index contributed by atoms with van der Waals surface area (Å²) in [4.78, 5) is 9.66. The van der Waals surface area contributed by atoms with Gasteiger partial charge in [-0.05, 0) is 11.6 Å². The Hall–Kier alpha value is -1.84. The normalized spacial score (nSPS) is 9.33. The highest BCUT2D eigenvalue weighted by molar-refractivity contribution is 5.56. The summed E-state index contributed by atoms with van der Waals surface area (Å²) in [5.41, 5.74) is 0.312. The number of phenolic OH excluding ortho intramolecular Hbond substituents is 1. The number of rotatable bonds is 2. The fraction of sp³-hybridized carbons (Fsp3) is 0. The average Bonchev–Trinajstić information content (AvgIpc) is 2.05. The third kappa shape index (κ3) is 1.42. The van der Waals surface area contributed by atoms with Crippen LogP contribution in [-0.2, 0) is 0 Å². The number of nitro benzene ring substituents is 1. The van der Waals surface area contributed by atoms with Crippen molar-refractivity contribution in [1.82, 2.24) is 0 Å². The lowest BCUT2D eigenvalue weighted by atomic mass is 10.2. The molecule has 1 rings (SSSR count). The van der Waals surface area contributed by atoms with Crippen molar-refractivity contribution in [2.45, 2.75) is 0 Å². The maximum Gasteiger partial charge on any atom is 0.311 e. The number of hydrogen-bond donors (Lipinski definition) is 1. The molecule has 1 aromatic carbocycles. The zero-order valence-electron chi connectivity index (χ0n) is 6.23. The van der Waals surface area contributed by atoms with E-state index in [4.69, 9.17) is 5.11 Å². The molecule has 0 amide bonds. The highest BCUT2D eigenvalue weighted by Gasteiger charge is 2.11. The number of hydrogen-bond acceptors (Lipinski definition) is 3. The largest absolute Gasteiger partial charge is 0.502 e. The van der Waals surface area contributed by atoms with Gasteiger partial charge in [-0.3, -0.25) is 10.1 Å². The highest BCUT2D eigenvalue weighted by atomic mass is 16.6. The van der Waals surface area contributed by atoms with E-state index in [2.05, 4.69) is 6.58 Å². The molecule has 0 heterocycles. The quantitative estimate of drug-likeness (QED) is 0.538. The summed E-state index contributed by atoms with van der Waals surface area (Å²) in [6.07, 6.45) is 1.48. The van der Waals surface area contributed by atoms with Crippen LogP contribution in [0.2, 0.25) is 0 Å². The summed E-state index contributed by atoms with van der Waals surface area (Å²) in [5.74, 6) is -0.328. The van der Waals surface area contributed by atoms with Crippen molar-refractivity contribution < 1.29 is 10.0 Å². The Bertz CT molecular complexity index is 333. The number of phenols is 1. The average molecular weight is 165 g/mol. The molecule has 0 aliphatic carbocycles. The van der Waals surface area contributed by atoms with Crippen LogP contribution in [0.4, 0.5) is 5.69 Å². The Morgan fingerprint density at radius 2 is 2.25 bits per heavy atom. The van der Waals surface area contributed by atoms with Gasteiger partial charge in [0.05, 0.1) is 4.92 Å². The van der Waals surface area contributed by atoms with Gasteiger partial charge in [0, 0.05) is 6.07 Å². The first-order valence-electron chi connectivity index (χ1n) is 3.25. The summed E-state index contributed by atoms with van der Waals surface area (Å²) >= 11 is 0. The summed E-state index contributed by atoms with van der Waals surface area (Å²) < 4.78 is 0. The zero-order chi connectivity index (χ0) is 9.14. The second kappa shape index (κ2) is 3.04. The maximum absolute atomic E-state index is 10.3. The van der Waals surface area contributed by atoms with Crippen molar-refractivity contribution >= 4 is 11.8 Å². The van der Waals surface area contributed by atoms with E-state index in [0.29, 0.717) is 5.56 Å². The number of nitro groups is 1. The van der Waals surface area contributed by atoms with Crippen molar-refractivity contribution in [3.63, 3.8) is 0 Å². The number of aromatic hydroxyl groups is 1. The molecule has 4 nitrogen and oxygen atoms in total. The minimum absolute atomic E-state index is 0.299. The Balaban J connectivity index is 3.25. The van der Waals surface area contributed by atoms with Crippen molar-refractivity contribution in [3.05, 3.63) is 40.5 Å². The monoisotopic (exact) mass is 165 g/mol. The van der Waals surface area contributed by atoms with Gasteiger partial charge in [0.2, 0.25) is 0 Å². The summed E-state index contributed by atoms with van der Waals surface area (Å²) in [6.45, 7) is 3.46. The van der Waals surface area contributed by atoms with Gasteiger partial charge in [-0.15, -0.1) is 0 Å². The molecule has 0 aliphatic heterocycles. The first kappa shape index (κ1) is 8.26. The predicted molar refractivity (Wildman–Crippen MR) is 44.9 cm³/mol. The van der Waals surface area contributed by atoms with Crippen LogP contribution in [-0.4, -0.2) is 10.0 Å². The van der Waals surface area contributed by atoms with E-state index in [1.54, 1.807) is 6.07 Å². The molecule has 0 spiro atoms. The SMILES string of the molecule is C=Cc1ccc(O)c([N+](=O)[O-])c1. The third-order valence-electron chi connectivity index (χ3n) is 1.43. The van der Waals surface area contributed by atoms with Crippen LogP contribution in [0.5, 0.6) is 5.75 Å². The molecule has 0 unspecified atom stereocenters. The molecule has 0 atom stereocenters. The molecular weight excluding hydrogens is 158 g/mol. The van der Waals surface area contributed by atoms with Crippen LogP contribution in [0.1, 0.15) is 5.56 Å². The van der Waals surface area contributed by atoms with Gasteiger partial charge in [-0.25, -0.2) is 0 Å². The Labute approximate surface area is 68.9 Å². The van der Waals surface area contributed by atoms with Crippen LogP contribution in [0, 0.1) is 10.1 Å². The fourth-order valence-electron chi connectivity index (χ4n) is 0.814. The van der Waals surface area contributed by atoms with Gasteiger partial charge in [0.25, 0.3) is 0 Å². The molecule has 4 heteroatoms. The van der Waals surface area contributed by atoms with E-state index in [0.717, 1.165) is 0 Å². The molecule has 0 saturated heterocycles. The van der Waals surface area contributed by atoms with E-state index >= 15 is 0 Å². The molecule has 12 heavy (non-hydrogen) atoms. The minimum Gasteiger partial charge on any atom is -0.502 e. The standard InChI is InChI=1S/C8H7NO3/c1-2-6-3-4-8(10)7(5-6)9(11)12/h2-5,10H,1H2. The van der Waals surface area contributed by atoms with Crippen LogP contribution in [0.15, 0.2) is 24.8 Å². The molecule has 0 radical (unpaired) electrons. The van der Waals surface area contributed by atoms with Crippen LogP contribution in [0.3, 0.4) is 0 Å². The summed E-state index contributed by atoms with van der Waals surface area (Å²) in [6, 6.07) is 4.09. The Morgan fingerprint density at radius 3 is 2.75 bits per heavy atom. The zero-order valence-corrected chi connectivity index (χ0v) is 6.23. The van der Waals surface area contributed by atoms with Gasteiger partial charge >= 0.3 is 5.69 Å². The van der Waals surface area contributed by atoms with E-state index in [9.17, 15) is 10.1 Å². The Morgan fingerprint density at radius 1 is 1.58 bits per heavy atom. The predicted octanol–water partition coefficient (Wildman–Crippen LogP) is 1.94. The lowest BCUT2D eigenvalue weighted by molar-refractivity contribution is -0.385. The first-order chi connectivity index (χ1) is 5.65. The van der Waals surface area contributed by atoms with Crippen LogP contribution < -0.4 is 0 Å². The lowest BCUT2D eigenvalue weighted by Crippen LogP contribution is -1.88. The van der Waals surface area contributed by atoms with Crippen LogP contribution >= 0.6 is 0 Å². The molecule has 1 N–H and O–H groups in total. The molecule has 1 aromatic rings. The Kier molecular flexibility index (Phi) is 2.09. The smallest absolute Gasteiger partial charge is 0.311 e. The molecule has 62 valence electrons. The summed E-state index contributed by atoms with van der Waals surface area (Å²) in [7, 11) is 0. The summed E-state index contributed by atoms with van der Waals surface area (Å²) in [5, 5.41) is 19.3. The van der Waals surface area contributed by atoms with Crippen molar-refractivity contribution in [2.24, 2.45) is 0 Å².